The van der Waals surface area contributed by atoms with Crippen LogP contribution in [0.1, 0.15) is 19.3 Å². The number of alkyl halides is 2. The summed E-state index contributed by atoms with van der Waals surface area (Å²) >= 11 is 0.877. The van der Waals surface area contributed by atoms with Crippen molar-refractivity contribution in [1.29, 1.82) is 0 Å². The van der Waals surface area contributed by atoms with Crippen molar-refractivity contribution in [2.45, 2.75) is 48.8 Å². The van der Waals surface area contributed by atoms with Crippen LogP contribution in [-0.4, -0.2) is 36.5 Å². The van der Waals surface area contributed by atoms with E-state index in [1.54, 1.807) is 0 Å². The third-order valence-electron chi connectivity index (χ3n) is 3.98. The van der Waals surface area contributed by atoms with Gasteiger partial charge in [-0.1, -0.05) is 0 Å². The van der Waals surface area contributed by atoms with Gasteiger partial charge in [0.05, 0.1) is 29.7 Å². The zero-order valence-electron chi connectivity index (χ0n) is 12.2. The zero-order chi connectivity index (χ0) is 16.4. The van der Waals surface area contributed by atoms with Crippen LogP contribution in [0, 0.1) is 5.82 Å². The number of ether oxygens (including phenoxy) is 1. The number of halogens is 3. The Morgan fingerprint density at radius 3 is 2.87 bits per heavy atom. The van der Waals surface area contributed by atoms with Crippen molar-refractivity contribution in [3.8, 4) is 0 Å². The first-order valence-corrected chi connectivity index (χ1v) is 8.43. The van der Waals surface area contributed by atoms with Crippen molar-refractivity contribution in [1.82, 2.24) is 5.32 Å². The molecule has 3 rings (SSSR count). The van der Waals surface area contributed by atoms with E-state index < -0.39 is 24.0 Å². The van der Waals surface area contributed by atoms with Gasteiger partial charge in [-0.15, -0.1) is 11.8 Å². The second-order valence-electron chi connectivity index (χ2n) is 5.66. The Kier molecular flexibility index (Phi) is 5.01. The molecule has 23 heavy (non-hydrogen) atoms. The molecule has 2 aliphatic rings. The first kappa shape index (κ1) is 16.4. The molecule has 0 aliphatic carbocycles. The van der Waals surface area contributed by atoms with Crippen LogP contribution >= 0.6 is 11.8 Å². The standard InChI is InChI=1S/C15H17F3N2O2S/c16-8-1-4-13(23-7-14(17)18)11(5-8)20-15(21)19-10-6-9-2-3-12(10)22-9/h1,4-5,9-10,12,14H,2-3,6-7H2,(H2,19,20,21)/t9-,10-,12-/m1/s1. The number of amides is 2. The van der Waals surface area contributed by atoms with Gasteiger partial charge in [-0.05, 0) is 37.5 Å². The molecule has 2 N–H and O–H groups in total. The maximum absolute atomic E-state index is 13.4. The molecule has 8 heteroatoms. The van der Waals surface area contributed by atoms with Gasteiger partial charge in [0, 0.05) is 4.90 Å². The number of urea groups is 1. The van der Waals surface area contributed by atoms with E-state index in [9.17, 15) is 18.0 Å². The predicted octanol–water partition coefficient (Wildman–Crippen LogP) is 3.62. The second kappa shape index (κ2) is 7.00. The molecule has 2 aliphatic heterocycles. The molecule has 1 aromatic rings. The van der Waals surface area contributed by atoms with Crippen molar-refractivity contribution in [3.63, 3.8) is 0 Å². The molecule has 0 radical (unpaired) electrons. The van der Waals surface area contributed by atoms with Gasteiger partial charge in [0.15, 0.2) is 0 Å². The summed E-state index contributed by atoms with van der Waals surface area (Å²) in [4.78, 5) is 12.5. The van der Waals surface area contributed by atoms with Crippen LogP contribution in [0.2, 0.25) is 0 Å². The van der Waals surface area contributed by atoms with Crippen LogP contribution in [-0.2, 0) is 4.74 Å². The molecule has 3 atom stereocenters. The van der Waals surface area contributed by atoms with Crippen LogP contribution < -0.4 is 10.6 Å². The Morgan fingerprint density at radius 2 is 2.22 bits per heavy atom. The fourth-order valence-corrected chi connectivity index (χ4v) is 3.73. The summed E-state index contributed by atoms with van der Waals surface area (Å²) in [5, 5.41) is 5.37. The number of carbonyl (C=O) groups excluding carboxylic acids is 1. The lowest BCUT2D eigenvalue weighted by Gasteiger charge is -2.20. The lowest BCUT2D eigenvalue weighted by molar-refractivity contribution is 0.0984. The van der Waals surface area contributed by atoms with E-state index in [2.05, 4.69) is 10.6 Å². The van der Waals surface area contributed by atoms with E-state index in [4.69, 9.17) is 4.74 Å². The van der Waals surface area contributed by atoms with Crippen molar-refractivity contribution in [2.24, 2.45) is 0 Å². The fourth-order valence-electron chi connectivity index (χ4n) is 3.00. The van der Waals surface area contributed by atoms with E-state index in [-0.39, 0.29) is 23.9 Å². The summed E-state index contributed by atoms with van der Waals surface area (Å²) in [6.07, 6.45) is 0.475. The molecule has 2 fully saturated rings. The zero-order valence-corrected chi connectivity index (χ0v) is 13.0. The van der Waals surface area contributed by atoms with Crippen molar-refractivity contribution in [3.05, 3.63) is 24.0 Å². The number of benzene rings is 1. The van der Waals surface area contributed by atoms with Gasteiger partial charge >= 0.3 is 6.03 Å². The van der Waals surface area contributed by atoms with Gasteiger partial charge in [-0.3, -0.25) is 0 Å². The first-order chi connectivity index (χ1) is 11.0. The molecule has 126 valence electrons. The van der Waals surface area contributed by atoms with Crippen molar-refractivity contribution < 1.29 is 22.7 Å². The van der Waals surface area contributed by atoms with E-state index in [0.717, 1.165) is 37.1 Å². The summed E-state index contributed by atoms with van der Waals surface area (Å²) in [6, 6.07) is 3.17. The topological polar surface area (TPSA) is 50.4 Å². The largest absolute Gasteiger partial charge is 0.373 e. The number of nitrogens with one attached hydrogen (secondary N) is 2. The normalized spacial score (nSPS) is 25.8. The lowest BCUT2D eigenvalue weighted by atomic mass is 9.96. The average molecular weight is 346 g/mol. The average Bonchev–Trinajstić information content (AvgIpc) is 3.08. The molecule has 1 aromatic carbocycles. The van der Waals surface area contributed by atoms with E-state index in [0.29, 0.717) is 4.90 Å². The Hall–Kier alpha value is -1.41. The maximum Gasteiger partial charge on any atom is 0.319 e. The Balaban J connectivity index is 1.61. The summed E-state index contributed by atoms with van der Waals surface area (Å²) in [5.41, 5.74) is 0.192. The SMILES string of the molecule is O=C(Nc1cc(F)ccc1SCC(F)F)N[C@@H]1C[C@H]2CC[C@H]1O2. The molecule has 2 saturated heterocycles. The van der Waals surface area contributed by atoms with Gasteiger partial charge in [0.2, 0.25) is 6.43 Å². The quantitative estimate of drug-likeness (QED) is 0.801. The Morgan fingerprint density at radius 1 is 1.39 bits per heavy atom. The van der Waals surface area contributed by atoms with E-state index >= 15 is 0 Å². The van der Waals surface area contributed by atoms with Crippen molar-refractivity contribution in [2.75, 3.05) is 11.1 Å². The maximum atomic E-state index is 13.4. The number of thioether (sulfide) groups is 1. The van der Waals surface area contributed by atoms with Crippen LogP contribution in [0.5, 0.6) is 0 Å². The minimum Gasteiger partial charge on any atom is -0.373 e. The van der Waals surface area contributed by atoms with E-state index in [1.165, 1.54) is 12.1 Å². The molecular weight excluding hydrogens is 329 g/mol. The summed E-state index contributed by atoms with van der Waals surface area (Å²) in [6.45, 7) is 0. The van der Waals surface area contributed by atoms with Gasteiger partial charge in [0.25, 0.3) is 0 Å². The number of anilines is 1. The highest BCUT2D eigenvalue weighted by molar-refractivity contribution is 7.99. The van der Waals surface area contributed by atoms with Crippen molar-refractivity contribution >= 4 is 23.5 Å². The van der Waals surface area contributed by atoms with Crippen LogP contribution in [0.3, 0.4) is 0 Å². The number of carbonyl (C=O) groups is 1. The third kappa shape index (κ3) is 4.11. The lowest BCUT2D eigenvalue weighted by Crippen LogP contribution is -2.43. The molecular formula is C15H17F3N2O2S. The highest BCUT2D eigenvalue weighted by Crippen LogP contribution is 2.34. The summed E-state index contributed by atoms with van der Waals surface area (Å²) < 4.78 is 43.7. The number of rotatable bonds is 5. The molecule has 2 amide bonds. The van der Waals surface area contributed by atoms with Gasteiger partial charge < -0.3 is 15.4 Å². The molecule has 4 nitrogen and oxygen atoms in total. The highest BCUT2D eigenvalue weighted by atomic mass is 32.2. The Bertz CT molecular complexity index is 588. The third-order valence-corrected chi connectivity index (χ3v) is 5.06. The van der Waals surface area contributed by atoms with Gasteiger partial charge in [-0.25, -0.2) is 18.0 Å². The fraction of sp³-hybridized carbons (Fsp3) is 0.533. The molecule has 0 saturated carbocycles. The smallest absolute Gasteiger partial charge is 0.319 e. The minimum atomic E-state index is -2.47. The number of hydrogen-bond donors (Lipinski definition) is 2. The highest BCUT2D eigenvalue weighted by Gasteiger charge is 2.41. The number of fused-ring (bicyclic) bond motifs is 2. The molecule has 0 aromatic heterocycles. The molecule has 2 bridgehead atoms. The minimum absolute atomic E-state index is 0.0333. The molecule has 2 heterocycles. The van der Waals surface area contributed by atoms with Crippen LogP contribution in [0.15, 0.2) is 23.1 Å². The van der Waals surface area contributed by atoms with Gasteiger partial charge in [0.1, 0.15) is 5.82 Å². The Labute approximate surface area is 136 Å². The molecule has 0 unspecified atom stereocenters. The first-order valence-electron chi connectivity index (χ1n) is 7.45. The predicted molar refractivity (Wildman–Crippen MR) is 81.6 cm³/mol. The molecule has 0 spiro atoms. The van der Waals surface area contributed by atoms with Crippen LogP contribution in [0.4, 0.5) is 23.7 Å². The van der Waals surface area contributed by atoms with E-state index in [1.807, 2.05) is 0 Å². The summed E-state index contributed by atoms with van der Waals surface area (Å²) in [5.74, 6) is -0.952. The number of hydrogen-bond acceptors (Lipinski definition) is 3. The monoisotopic (exact) mass is 346 g/mol. The summed E-state index contributed by atoms with van der Waals surface area (Å²) in [7, 11) is 0. The van der Waals surface area contributed by atoms with Crippen LogP contribution in [0.25, 0.3) is 0 Å². The second-order valence-corrected chi connectivity index (χ2v) is 6.72. The van der Waals surface area contributed by atoms with Gasteiger partial charge in [-0.2, -0.15) is 0 Å².